The molecule has 0 fully saturated rings. The van der Waals surface area contributed by atoms with E-state index in [1.807, 2.05) is 6.07 Å². The number of hydrogen-bond acceptors (Lipinski definition) is 2. The fraction of sp³-hybridized carbons (Fsp3) is 0.0476. The van der Waals surface area contributed by atoms with Crippen molar-refractivity contribution in [2.75, 3.05) is 0 Å². The predicted molar refractivity (Wildman–Crippen MR) is 192 cm³/mol. The third-order valence-corrected chi connectivity index (χ3v) is 14.9. The van der Waals surface area contributed by atoms with Gasteiger partial charge in [-0.15, -0.1) is 0 Å². The van der Waals surface area contributed by atoms with Crippen LogP contribution in [-0.2, 0) is 6.42 Å². The Bertz CT molecular complexity index is 2470. The summed E-state index contributed by atoms with van der Waals surface area (Å²) in [5, 5.41) is 8.86. The minimum Gasteiger partial charge on any atom is -0.460 e. The van der Waals surface area contributed by atoms with Crippen LogP contribution in [0.25, 0.3) is 44.5 Å². The molecule has 3 nitrogen and oxygen atoms in total. The topological polar surface area (TPSA) is 27.3 Å². The Hall–Kier alpha value is -5.58. The van der Waals surface area contributed by atoms with Gasteiger partial charge in [-0.05, 0) is 57.5 Å². The lowest BCUT2D eigenvalue weighted by Crippen LogP contribution is -2.76. The Morgan fingerprint density at radius 3 is 2.02 bits per heavy atom. The number of furan rings is 1. The highest BCUT2D eigenvalue weighted by Crippen LogP contribution is 2.43. The molecule has 0 saturated heterocycles. The second-order valence-corrected chi connectivity index (χ2v) is 16.1. The number of para-hydroxylation sites is 3. The Morgan fingerprint density at radius 2 is 1.22 bits per heavy atom. The lowest BCUT2D eigenvalue weighted by molar-refractivity contribution is 0.493. The van der Waals surface area contributed by atoms with Crippen LogP contribution in [0.15, 0.2) is 150 Å². The molecule has 4 heteroatoms. The van der Waals surface area contributed by atoms with Gasteiger partial charge in [0.2, 0.25) is 0 Å². The van der Waals surface area contributed by atoms with Gasteiger partial charge in [-0.1, -0.05) is 121 Å². The summed E-state index contributed by atoms with van der Waals surface area (Å²) in [6, 6.07) is 52.8. The molecule has 0 unspecified atom stereocenters. The molecule has 0 spiro atoms. The number of nitrogens with zero attached hydrogens (tertiary/aromatic N) is 1. The predicted octanol–water partition coefficient (Wildman–Crippen LogP) is 7.97. The summed E-state index contributed by atoms with van der Waals surface area (Å²) in [7, 11) is -2.74. The fourth-order valence-electron chi connectivity index (χ4n) is 8.14. The van der Waals surface area contributed by atoms with Gasteiger partial charge in [-0.2, -0.15) is 0 Å². The monoisotopic (exact) mass is 607 g/mol. The van der Waals surface area contributed by atoms with Crippen LogP contribution in [0, 0.1) is 0 Å². The maximum absolute atomic E-state index is 7.09. The van der Waals surface area contributed by atoms with Crippen LogP contribution >= 0.6 is 0 Å². The standard InChI is InChI=1S/C42H29NO2Si/c1-3-13-29(14-4-1)46(30-15-5-2-6-16-30)39-22-12-11-21-38(39)45-42-40(46)26-24-35-41(42)32-18-7-9-19-34(32)43(35)28-23-25-37-33(27-28)31-17-8-10-20-36(31)44-37/h1-22,24,26-27H,23,25H2. The van der Waals surface area contributed by atoms with Crippen LogP contribution in [0.2, 0.25) is 0 Å². The van der Waals surface area contributed by atoms with E-state index in [-0.39, 0.29) is 0 Å². The lowest BCUT2D eigenvalue weighted by Gasteiger charge is -2.39. The average Bonchev–Trinajstić information content (AvgIpc) is 3.67. The first-order valence-electron chi connectivity index (χ1n) is 16.0. The molecule has 1 aliphatic carbocycles. The van der Waals surface area contributed by atoms with Crippen LogP contribution in [0.1, 0.15) is 17.7 Å². The highest BCUT2D eigenvalue weighted by Gasteiger charge is 2.48. The summed E-state index contributed by atoms with van der Waals surface area (Å²) in [4.78, 5) is 0. The molecule has 0 amide bonds. The average molecular weight is 608 g/mol. The van der Waals surface area contributed by atoms with Crippen molar-refractivity contribution in [2.45, 2.75) is 12.8 Å². The second-order valence-electron chi connectivity index (χ2n) is 12.3. The van der Waals surface area contributed by atoms with E-state index in [0.717, 1.165) is 35.7 Å². The SMILES string of the molecule is C1=C(n2c3ccccc3c3c4c(ccc32)[Si](c2ccccc2)(c2ccccc2)c2ccccc2O4)CCc2oc3ccccc3c21. The summed E-state index contributed by atoms with van der Waals surface area (Å²) >= 11 is 0. The summed E-state index contributed by atoms with van der Waals surface area (Å²) in [5.41, 5.74) is 5.80. The van der Waals surface area contributed by atoms with Crippen molar-refractivity contribution in [1.29, 1.82) is 0 Å². The van der Waals surface area contributed by atoms with Crippen molar-refractivity contribution in [3.05, 3.63) is 157 Å². The number of ether oxygens (including phenoxy) is 1. The van der Waals surface area contributed by atoms with Crippen LogP contribution in [0.3, 0.4) is 0 Å². The first-order valence-corrected chi connectivity index (χ1v) is 18.0. The van der Waals surface area contributed by atoms with Gasteiger partial charge in [0.05, 0.1) is 16.4 Å². The Morgan fingerprint density at radius 1 is 0.543 bits per heavy atom. The van der Waals surface area contributed by atoms with E-state index in [4.69, 9.17) is 9.15 Å². The van der Waals surface area contributed by atoms with Gasteiger partial charge in [0.25, 0.3) is 0 Å². The smallest absolute Gasteiger partial charge is 0.188 e. The van der Waals surface area contributed by atoms with Crippen molar-refractivity contribution in [3.8, 4) is 11.5 Å². The summed E-state index contributed by atoms with van der Waals surface area (Å²) in [6.45, 7) is 0. The highest BCUT2D eigenvalue weighted by atomic mass is 28.3. The number of aromatic nitrogens is 1. The van der Waals surface area contributed by atoms with Crippen molar-refractivity contribution in [1.82, 2.24) is 4.57 Å². The lowest BCUT2D eigenvalue weighted by atomic mass is 9.99. The molecule has 46 heavy (non-hydrogen) atoms. The third kappa shape index (κ3) is 3.42. The number of aryl methyl sites for hydroxylation is 1. The van der Waals surface area contributed by atoms with Gasteiger partial charge in [0.15, 0.2) is 8.07 Å². The minimum atomic E-state index is -2.74. The number of benzene rings is 6. The largest absolute Gasteiger partial charge is 0.460 e. The molecule has 1 aliphatic heterocycles. The Kier molecular flexibility index (Phi) is 5.43. The molecule has 3 heterocycles. The van der Waals surface area contributed by atoms with Crippen molar-refractivity contribution in [2.24, 2.45) is 0 Å². The number of allylic oxidation sites excluding steroid dienone is 1. The number of rotatable bonds is 3. The van der Waals surface area contributed by atoms with E-state index < -0.39 is 8.07 Å². The normalized spacial score (nSPS) is 14.8. The zero-order valence-electron chi connectivity index (χ0n) is 25.1. The molecular formula is C42H29NO2Si. The van der Waals surface area contributed by atoms with Crippen molar-refractivity contribution < 1.29 is 9.15 Å². The van der Waals surface area contributed by atoms with Gasteiger partial charge in [0, 0.05) is 28.5 Å². The van der Waals surface area contributed by atoms with Gasteiger partial charge in [-0.25, -0.2) is 0 Å². The number of hydrogen-bond donors (Lipinski definition) is 0. The second kappa shape index (κ2) is 9.71. The molecule has 0 N–H and O–H groups in total. The van der Waals surface area contributed by atoms with E-state index >= 15 is 0 Å². The van der Waals surface area contributed by atoms with Crippen LogP contribution < -0.4 is 25.5 Å². The molecule has 2 aliphatic rings. The first kappa shape index (κ1) is 25.7. The Balaban J connectivity index is 1.31. The summed E-state index contributed by atoms with van der Waals surface area (Å²) < 4.78 is 15.8. The quantitative estimate of drug-likeness (QED) is 0.191. The van der Waals surface area contributed by atoms with E-state index in [0.29, 0.717) is 0 Å². The number of fused-ring (bicyclic) bond motifs is 9. The Labute approximate surface area is 267 Å². The molecule has 8 aromatic rings. The zero-order chi connectivity index (χ0) is 30.2. The van der Waals surface area contributed by atoms with Crippen LogP contribution in [0.5, 0.6) is 11.5 Å². The summed E-state index contributed by atoms with van der Waals surface area (Å²) in [5.74, 6) is 3.01. The first-order chi connectivity index (χ1) is 22.8. The zero-order valence-corrected chi connectivity index (χ0v) is 26.1. The molecule has 6 aromatic carbocycles. The molecule has 2 aromatic heterocycles. The van der Waals surface area contributed by atoms with Crippen LogP contribution in [-0.4, -0.2) is 12.6 Å². The summed E-state index contributed by atoms with van der Waals surface area (Å²) in [6.07, 6.45) is 4.12. The molecule has 0 bridgehead atoms. The van der Waals surface area contributed by atoms with E-state index in [2.05, 4.69) is 150 Å². The third-order valence-electron chi connectivity index (χ3n) is 10.0. The van der Waals surface area contributed by atoms with Gasteiger partial charge in [-0.3, -0.25) is 0 Å². The van der Waals surface area contributed by atoms with E-state index in [1.165, 1.54) is 59.2 Å². The molecule has 218 valence electrons. The maximum Gasteiger partial charge on any atom is 0.188 e. The van der Waals surface area contributed by atoms with Gasteiger partial charge >= 0.3 is 0 Å². The molecule has 0 saturated carbocycles. The van der Waals surface area contributed by atoms with Gasteiger partial charge in [0.1, 0.15) is 22.8 Å². The molecule has 0 radical (unpaired) electrons. The van der Waals surface area contributed by atoms with Gasteiger partial charge < -0.3 is 13.7 Å². The van der Waals surface area contributed by atoms with E-state index in [1.54, 1.807) is 0 Å². The fourth-order valence-corrected chi connectivity index (χ4v) is 13.1. The highest BCUT2D eigenvalue weighted by molar-refractivity contribution is 7.20. The molecule has 10 rings (SSSR count). The van der Waals surface area contributed by atoms with Crippen molar-refractivity contribution in [3.63, 3.8) is 0 Å². The minimum absolute atomic E-state index is 0.872. The van der Waals surface area contributed by atoms with E-state index in [9.17, 15) is 0 Å². The van der Waals surface area contributed by atoms with Crippen molar-refractivity contribution >= 4 is 73.4 Å². The maximum atomic E-state index is 7.09. The molecular weight excluding hydrogens is 579 g/mol. The molecule has 0 atom stereocenters. The van der Waals surface area contributed by atoms with Crippen LogP contribution in [0.4, 0.5) is 0 Å².